The first-order valence-corrected chi connectivity index (χ1v) is 6.32. The minimum Gasteiger partial charge on any atom is -0.461 e. The third kappa shape index (κ3) is 4.18. The zero-order valence-corrected chi connectivity index (χ0v) is 11.9. The van der Waals surface area contributed by atoms with Crippen LogP contribution in [0.25, 0.3) is 0 Å². The van der Waals surface area contributed by atoms with E-state index in [1.165, 1.54) is 0 Å². The number of hydrogen-bond acceptors (Lipinski definition) is 3. The predicted octanol–water partition coefficient (Wildman–Crippen LogP) is 2.79. The highest BCUT2D eigenvalue weighted by atomic mass is 16.5. The van der Waals surface area contributed by atoms with Crippen molar-refractivity contribution in [2.75, 3.05) is 13.2 Å². The minimum atomic E-state index is -0.268. The van der Waals surface area contributed by atoms with Gasteiger partial charge in [-0.05, 0) is 46.2 Å². The molecule has 1 aromatic rings. The largest absolute Gasteiger partial charge is 0.461 e. The third-order valence-electron chi connectivity index (χ3n) is 2.50. The number of carbonyl (C=O) groups is 1. The Hall–Kier alpha value is -1.29. The lowest BCUT2D eigenvalue weighted by molar-refractivity contribution is -0.00713. The van der Waals surface area contributed by atoms with Crippen LogP contribution < -0.4 is 0 Å². The van der Waals surface area contributed by atoms with Crippen molar-refractivity contribution in [3.63, 3.8) is 0 Å². The van der Waals surface area contributed by atoms with Crippen molar-refractivity contribution in [3.8, 4) is 0 Å². The summed E-state index contributed by atoms with van der Waals surface area (Å²) in [6, 6.07) is 1.92. The molecule has 4 nitrogen and oxygen atoms in total. The first-order chi connectivity index (χ1) is 8.35. The van der Waals surface area contributed by atoms with Gasteiger partial charge in [0.2, 0.25) is 0 Å². The lowest BCUT2D eigenvalue weighted by Crippen LogP contribution is -2.23. The van der Waals surface area contributed by atoms with E-state index < -0.39 is 0 Å². The van der Waals surface area contributed by atoms with Crippen LogP contribution in [0.1, 0.15) is 43.7 Å². The second-order valence-corrected chi connectivity index (χ2v) is 5.22. The molecule has 0 aliphatic heterocycles. The Labute approximate surface area is 109 Å². The van der Waals surface area contributed by atoms with Gasteiger partial charge in [-0.3, -0.25) is 0 Å². The van der Waals surface area contributed by atoms with Crippen molar-refractivity contribution < 1.29 is 14.3 Å². The molecule has 0 aromatic carbocycles. The first kappa shape index (κ1) is 14.8. The molecule has 0 N–H and O–H groups in total. The number of carbonyl (C=O) groups excluding carboxylic acids is 1. The van der Waals surface area contributed by atoms with Gasteiger partial charge in [0.05, 0.1) is 18.8 Å². The van der Waals surface area contributed by atoms with Crippen molar-refractivity contribution in [2.24, 2.45) is 0 Å². The molecule has 1 aromatic heterocycles. The molecule has 0 spiro atoms. The van der Waals surface area contributed by atoms with Gasteiger partial charge in [0.15, 0.2) is 0 Å². The standard InChI is InChI=1S/C14H23NO3/c1-6-17-13(16)12-11(2)7-8-15(12)9-10-18-14(3,4)5/h7-8H,6,9-10H2,1-5H3. The summed E-state index contributed by atoms with van der Waals surface area (Å²) in [5, 5.41) is 0. The Morgan fingerprint density at radius 1 is 1.39 bits per heavy atom. The predicted molar refractivity (Wildman–Crippen MR) is 70.8 cm³/mol. The molecular weight excluding hydrogens is 230 g/mol. The number of hydrogen-bond donors (Lipinski definition) is 0. The topological polar surface area (TPSA) is 40.5 Å². The Kier molecular flexibility index (Phi) is 4.96. The summed E-state index contributed by atoms with van der Waals surface area (Å²) in [6.07, 6.45) is 1.90. The summed E-state index contributed by atoms with van der Waals surface area (Å²) in [5.41, 5.74) is 1.39. The van der Waals surface area contributed by atoms with Crippen molar-refractivity contribution in [1.82, 2.24) is 4.57 Å². The molecule has 1 rings (SSSR count). The monoisotopic (exact) mass is 253 g/mol. The zero-order valence-electron chi connectivity index (χ0n) is 11.9. The quantitative estimate of drug-likeness (QED) is 0.758. The summed E-state index contributed by atoms with van der Waals surface area (Å²) in [6.45, 7) is 11.4. The summed E-state index contributed by atoms with van der Waals surface area (Å²) < 4.78 is 12.6. The van der Waals surface area contributed by atoms with Crippen molar-refractivity contribution in [1.29, 1.82) is 0 Å². The molecule has 18 heavy (non-hydrogen) atoms. The molecule has 0 radical (unpaired) electrons. The fourth-order valence-electron chi connectivity index (χ4n) is 1.70. The molecule has 0 fully saturated rings. The molecule has 0 saturated carbocycles. The Bertz CT molecular complexity index is 402. The van der Waals surface area contributed by atoms with Crippen LogP contribution in [0.3, 0.4) is 0 Å². The van der Waals surface area contributed by atoms with Crippen LogP contribution in [-0.4, -0.2) is 29.4 Å². The lowest BCUT2D eigenvalue weighted by atomic mass is 10.2. The lowest BCUT2D eigenvalue weighted by Gasteiger charge is -2.20. The maximum Gasteiger partial charge on any atom is 0.355 e. The van der Waals surface area contributed by atoms with E-state index >= 15 is 0 Å². The van der Waals surface area contributed by atoms with Gasteiger partial charge in [-0.25, -0.2) is 4.79 Å². The molecule has 0 amide bonds. The smallest absolute Gasteiger partial charge is 0.355 e. The second-order valence-electron chi connectivity index (χ2n) is 5.22. The maximum absolute atomic E-state index is 11.8. The van der Waals surface area contributed by atoms with Crippen molar-refractivity contribution >= 4 is 5.97 Å². The van der Waals surface area contributed by atoms with Crippen LogP contribution in [0, 0.1) is 6.92 Å². The molecule has 4 heteroatoms. The van der Waals surface area contributed by atoms with Gasteiger partial charge < -0.3 is 14.0 Å². The SMILES string of the molecule is CCOC(=O)c1c(C)ccn1CCOC(C)(C)C. The third-order valence-corrected chi connectivity index (χ3v) is 2.50. The minimum absolute atomic E-state index is 0.160. The van der Waals surface area contributed by atoms with Gasteiger partial charge in [0, 0.05) is 12.7 Å². The Balaban J connectivity index is 2.69. The fraction of sp³-hybridized carbons (Fsp3) is 0.643. The summed E-state index contributed by atoms with van der Waals surface area (Å²) >= 11 is 0. The highest BCUT2D eigenvalue weighted by Gasteiger charge is 2.16. The van der Waals surface area contributed by atoms with E-state index in [1.54, 1.807) is 0 Å². The van der Waals surface area contributed by atoms with Crippen molar-refractivity contribution in [3.05, 3.63) is 23.5 Å². The van der Waals surface area contributed by atoms with Crippen LogP contribution in [0.5, 0.6) is 0 Å². The fourth-order valence-corrected chi connectivity index (χ4v) is 1.70. The average molecular weight is 253 g/mol. The number of aromatic nitrogens is 1. The molecule has 0 unspecified atom stereocenters. The molecule has 0 bridgehead atoms. The molecule has 0 saturated heterocycles. The van der Waals surface area contributed by atoms with E-state index in [-0.39, 0.29) is 11.6 Å². The number of rotatable bonds is 5. The zero-order chi connectivity index (χ0) is 13.8. The van der Waals surface area contributed by atoms with Gasteiger partial charge in [-0.2, -0.15) is 0 Å². The molecular formula is C14H23NO3. The van der Waals surface area contributed by atoms with Gasteiger partial charge in [0.25, 0.3) is 0 Å². The number of aryl methyl sites for hydroxylation is 1. The molecule has 0 aliphatic rings. The van der Waals surface area contributed by atoms with E-state index in [1.807, 2.05) is 51.4 Å². The number of ether oxygens (including phenoxy) is 2. The number of nitrogens with zero attached hydrogens (tertiary/aromatic N) is 1. The van der Waals surface area contributed by atoms with Gasteiger partial charge in [-0.1, -0.05) is 0 Å². The van der Waals surface area contributed by atoms with Crippen LogP contribution in [0.2, 0.25) is 0 Å². The highest BCUT2D eigenvalue weighted by molar-refractivity contribution is 5.89. The average Bonchev–Trinajstić information content (AvgIpc) is 2.58. The summed E-state index contributed by atoms with van der Waals surface area (Å²) in [4.78, 5) is 11.8. The Morgan fingerprint density at radius 2 is 2.06 bits per heavy atom. The maximum atomic E-state index is 11.8. The molecule has 102 valence electrons. The Morgan fingerprint density at radius 3 is 2.61 bits per heavy atom. The summed E-state index contributed by atoms with van der Waals surface area (Å²) in [7, 11) is 0. The molecule has 0 aliphatic carbocycles. The van der Waals surface area contributed by atoms with Gasteiger partial charge in [0.1, 0.15) is 5.69 Å². The van der Waals surface area contributed by atoms with Crippen LogP contribution in [0.15, 0.2) is 12.3 Å². The second kappa shape index (κ2) is 6.05. The first-order valence-electron chi connectivity index (χ1n) is 6.32. The van der Waals surface area contributed by atoms with E-state index in [0.717, 1.165) is 5.56 Å². The number of esters is 1. The molecule has 0 atom stereocenters. The van der Waals surface area contributed by atoms with Crippen molar-refractivity contribution in [2.45, 2.75) is 46.8 Å². The van der Waals surface area contributed by atoms with E-state index in [0.29, 0.717) is 25.5 Å². The van der Waals surface area contributed by atoms with E-state index in [4.69, 9.17) is 9.47 Å². The molecule has 1 heterocycles. The van der Waals surface area contributed by atoms with E-state index in [9.17, 15) is 4.79 Å². The van der Waals surface area contributed by atoms with E-state index in [2.05, 4.69) is 0 Å². The van der Waals surface area contributed by atoms with Gasteiger partial charge >= 0.3 is 5.97 Å². The van der Waals surface area contributed by atoms with Crippen LogP contribution >= 0.6 is 0 Å². The van der Waals surface area contributed by atoms with Gasteiger partial charge in [-0.15, -0.1) is 0 Å². The normalized spacial score (nSPS) is 11.6. The summed E-state index contributed by atoms with van der Waals surface area (Å²) in [5.74, 6) is -0.268. The van der Waals surface area contributed by atoms with Crippen LogP contribution in [-0.2, 0) is 16.0 Å². The highest BCUT2D eigenvalue weighted by Crippen LogP contribution is 2.13. The van der Waals surface area contributed by atoms with Crippen LogP contribution in [0.4, 0.5) is 0 Å².